The summed E-state index contributed by atoms with van der Waals surface area (Å²) < 4.78 is 20.8. The zero-order chi connectivity index (χ0) is 21.3. The second-order valence-corrected chi connectivity index (χ2v) is 8.10. The normalized spacial score (nSPS) is 15.9. The Labute approximate surface area is 175 Å². The number of nitrogens with zero attached hydrogens (tertiary/aromatic N) is 3. The lowest BCUT2D eigenvalue weighted by molar-refractivity contribution is 0.0931. The van der Waals surface area contributed by atoms with Crippen LogP contribution in [0, 0.1) is 19.7 Å². The highest BCUT2D eigenvalue weighted by Gasteiger charge is 2.24. The van der Waals surface area contributed by atoms with Gasteiger partial charge in [0.15, 0.2) is 0 Å². The maximum Gasteiger partial charge on any atom is 0.253 e. The van der Waals surface area contributed by atoms with E-state index in [0.29, 0.717) is 28.9 Å². The number of carbonyl (C=O) groups excluding carboxylic acids is 1. The summed E-state index contributed by atoms with van der Waals surface area (Å²) in [6.07, 6.45) is 6.12. The summed E-state index contributed by atoms with van der Waals surface area (Å²) in [6.45, 7) is 5.88. The molecule has 1 aliphatic carbocycles. The van der Waals surface area contributed by atoms with Gasteiger partial charge in [0.2, 0.25) is 11.7 Å². The molecule has 1 N–H and O–H groups in total. The fraction of sp³-hybridized carbons (Fsp3) is 0.435. The molecule has 1 unspecified atom stereocenters. The summed E-state index contributed by atoms with van der Waals surface area (Å²) in [5.74, 6) is 0.193. The third-order valence-electron chi connectivity index (χ3n) is 5.93. The fourth-order valence-electron chi connectivity index (χ4n) is 4.37. The summed E-state index contributed by atoms with van der Waals surface area (Å²) in [6, 6.07) is 7.87. The summed E-state index contributed by atoms with van der Waals surface area (Å²) >= 11 is 0. The van der Waals surface area contributed by atoms with Crippen molar-refractivity contribution in [2.24, 2.45) is 0 Å². The van der Waals surface area contributed by atoms with E-state index >= 15 is 0 Å². The van der Waals surface area contributed by atoms with E-state index in [4.69, 9.17) is 4.52 Å². The third kappa shape index (κ3) is 4.01. The lowest BCUT2D eigenvalue weighted by Crippen LogP contribution is -2.27. The lowest BCUT2D eigenvalue weighted by atomic mass is 9.95. The molecule has 0 spiro atoms. The van der Waals surface area contributed by atoms with E-state index in [1.54, 1.807) is 19.1 Å². The average molecular weight is 410 g/mol. The SMILES string of the molecule is Cc1cc(C(=O)NC(C)c2nc(-c3ccc(F)cc3)no2)c(C)n1C1CCCCC1. The molecule has 1 atom stereocenters. The number of aromatic nitrogens is 3. The van der Waals surface area contributed by atoms with E-state index < -0.39 is 6.04 Å². The molecule has 2 aromatic heterocycles. The monoisotopic (exact) mass is 410 g/mol. The first-order valence-corrected chi connectivity index (χ1v) is 10.5. The zero-order valence-electron chi connectivity index (χ0n) is 17.6. The molecule has 0 saturated heterocycles. The number of hydrogen-bond donors (Lipinski definition) is 1. The largest absolute Gasteiger partial charge is 0.345 e. The molecule has 1 fully saturated rings. The van der Waals surface area contributed by atoms with Crippen LogP contribution in [0.5, 0.6) is 0 Å². The van der Waals surface area contributed by atoms with Crippen molar-refractivity contribution < 1.29 is 13.7 Å². The van der Waals surface area contributed by atoms with Crippen LogP contribution in [0.15, 0.2) is 34.9 Å². The molecule has 0 radical (unpaired) electrons. The minimum Gasteiger partial charge on any atom is -0.345 e. The predicted molar refractivity (Wildman–Crippen MR) is 112 cm³/mol. The van der Waals surface area contributed by atoms with Crippen molar-refractivity contribution in [1.29, 1.82) is 0 Å². The van der Waals surface area contributed by atoms with Gasteiger partial charge in [-0.05, 0) is 63.9 Å². The van der Waals surface area contributed by atoms with Gasteiger partial charge in [0.05, 0.1) is 5.56 Å². The average Bonchev–Trinajstić information content (AvgIpc) is 3.34. The van der Waals surface area contributed by atoms with Crippen LogP contribution in [0.2, 0.25) is 0 Å². The standard InChI is InChI=1S/C23H27FN4O2/c1-14-13-20(16(3)28(14)19-7-5-4-6-8-19)22(29)25-15(2)23-26-21(27-30-23)17-9-11-18(24)12-10-17/h9-13,15,19H,4-8H2,1-3H3,(H,25,29). The molecule has 0 aliphatic heterocycles. The van der Waals surface area contributed by atoms with Crippen LogP contribution in [0.25, 0.3) is 11.4 Å². The number of aryl methyl sites for hydroxylation is 1. The highest BCUT2D eigenvalue weighted by atomic mass is 19.1. The van der Waals surface area contributed by atoms with Gasteiger partial charge >= 0.3 is 0 Å². The van der Waals surface area contributed by atoms with Crippen molar-refractivity contribution >= 4 is 5.91 Å². The highest BCUT2D eigenvalue weighted by molar-refractivity contribution is 5.95. The zero-order valence-corrected chi connectivity index (χ0v) is 17.6. The van der Waals surface area contributed by atoms with Gasteiger partial charge in [-0.3, -0.25) is 4.79 Å². The van der Waals surface area contributed by atoms with Crippen molar-refractivity contribution in [2.75, 3.05) is 0 Å². The molecular formula is C23H27FN4O2. The molecule has 158 valence electrons. The number of carbonyl (C=O) groups is 1. The van der Waals surface area contributed by atoms with Crippen LogP contribution in [0.3, 0.4) is 0 Å². The van der Waals surface area contributed by atoms with Crippen molar-refractivity contribution in [3.63, 3.8) is 0 Å². The van der Waals surface area contributed by atoms with Crippen molar-refractivity contribution in [3.8, 4) is 11.4 Å². The predicted octanol–water partition coefficient (Wildman–Crippen LogP) is 5.29. The number of nitrogens with one attached hydrogen (secondary N) is 1. The van der Waals surface area contributed by atoms with Gasteiger partial charge in [0.1, 0.15) is 11.9 Å². The van der Waals surface area contributed by atoms with Gasteiger partial charge in [-0.2, -0.15) is 4.98 Å². The van der Waals surface area contributed by atoms with Gasteiger partial charge in [-0.1, -0.05) is 24.4 Å². The molecule has 1 saturated carbocycles. The number of benzene rings is 1. The molecule has 1 aliphatic rings. The molecular weight excluding hydrogens is 383 g/mol. The molecule has 6 nitrogen and oxygen atoms in total. The fourth-order valence-corrected chi connectivity index (χ4v) is 4.37. The minimum absolute atomic E-state index is 0.154. The molecule has 3 aromatic rings. The Morgan fingerprint density at radius 1 is 1.20 bits per heavy atom. The molecule has 4 rings (SSSR count). The Kier molecular flexibility index (Phi) is 5.70. The highest BCUT2D eigenvalue weighted by Crippen LogP contribution is 2.32. The van der Waals surface area contributed by atoms with Crippen LogP contribution in [0.4, 0.5) is 4.39 Å². The summed E-state index contributed by atoms with van der Waals surface area (Å²) in [7, 11) is 0. The van der Waals surface area contributed by atoms with E-state index in [1.807, 2.05) is 13.0 Å². The Morgan fingerprint density at radius 2 is 1.90 bits per heavy atom. The van der Waals surface area contributed by atoms with E-state index in [1.165, 1.54) is 44.2 Å². The molecule has 0 bridgehead atoms. The van der Waals surface area contributed by atoms with Gasteiger partial charge in [-0.25, -0.2) is 4.39 Å². The van der Waals surface area contributed by atoms with Crippen LogP contribution in [-0.4, -0.2) is 20.6 Å². The van der Waals surface area contributed by atoms with Crippen LogP contribution >= 0.6 is 0 Å². The molecule has 7 heteroatoms. The van der Waals surface area contributed by atoms with Gasteiger partial charge in [-0.15, -0.1) is 0 Å². The topological polar surface area (TPSA) is 73.0 Å². The molecule has 1 aromatic carbocycles. The van der Waals surface area contributed by atoms with E-state index in [2.05, 4.69) is 26.9 Å². The Morgan fingerprint density at radius 3 is 2.60 bits per heavy atom. The van der Waals surface area contributed by atoms with Gasteiger partial charge < -0.3 is 14.4 Å². The van der Waals surface area contributed by atoms with Crippen molar-refractivity contribution in [3.05, 3.63) is 59.0 Å². The summed E-state index contributed by atoms with van der Waals surface area (Å²) in [5.41, 5.74) is 3.46. The minimum atomic E-state index is -0.447. The first-order chi connectivity index (χ1) is 14.4. The van der Waals surface area contributed by atoms with Gasteiger partial charge in [0.25, 0.3) is 5.91 Å². The first kappa shape index (κ1) is 20.3. The maximum absolute atomic E-state index is 13.1. The Hall–Kier alpha value is -2.96. The second-order valence-electron chi connectivity index (χ2n) is 8.10. The van der Waals surface area contributed by atoms with Crippen molar-refractivity contribution in [2.45, 2.75) is 65.0 Å². The number of amides is 1. The second kappa shape index (κ2) is 8.42. The van der Waals surface area contributed by atoms with E-state index in [-0.39, 0.29) is 11.7 Å². The smallest absolute Gasteiger partial charge is 0.253 e. The first-order valence-electron chi connectivity index (χ1n) is 10.5. The lowest BCUT2D eigenvalue weighted by Gasteiger charge is -2.26. The molecule has 1 amide bonds. The number of rotatable bonds is 5. The van der Waals surface area contributed by atoms with Crippen LogP contribution in [0.1, 0.15) is 78.7 Å². The third-order valence-corrected chi connectivity index (χ3v) is 5.93. The molecule has 30 heavy (non-hydrogen) atoms. The van der Waals surface area contributed by atoms with Crippen LogP contribution < -0.4 is 5.32 Å². The summed E-state index contributed by atoms with van der Waals surface area (Å²) in [5, 5.41) is 6.91. The molecule has 2 heterocycles. The van der Waals surface area contributed by atoms with E-state index in [0.717, 1.165) is 11.4 Å². The number of halogens is 1. The van der Waals surface area contributed by atoms with Crippen LogP contribution in [-0.2, 0) is 0 Å². The summed E-state index contributed by atoms with van der Waals surface area (Å²) in [4.78, 5) is 17.3. The Balaban J connectivity index is 1.48. The van der Waals surface area contributed by atoms with Gasteiger partial charge in [0, 0.05) is 23.0 Å². The van der Waals surface area contributed by atoms with Crippen molar-refractivity contribution in [1.82, 2.24) is 20.0 Å². The maximum atomic E-state index is 13.1. The van der Waals surface area contributed by atoms with E-state index in [9.17, 15) is 9.18 Å². The Bertz CT molecular complexity index is 1030. The number of hydrogen-bond acceptors (Lipinski definition) is 4. The quantitative estimate of drug-likeness (QED) is 0.620.